The zero-order valence-corrected chi connectivity index (χ0v) is 18.5. The Balaban J connectivity index is 1.62. The molecule has 14 nitrogen and oxygen atoms in total. The molecule has 3 heterocycles. The van der Waals surface area contributed by atoms with Gasteiger partial charge >= 0.3 is 11.9 Å². The van der Waals surface area contributed by atoms with E-state index in [1.807, 2.05) is 0 Å². The Kier molecular flexibility index (Phi) is 6.91. The summed E-state index contributed by atoms with van der Waals surface area (Å²) in [5, 5.41) is 41.8. The van der Waals surface area contributed by atoms with Gasteiger partial charge in [-0.25, -0.2) is 19.7 Å². The largest absolute Gasteiger partial charge is 0.510 e. The lowest BCUT2D eigenvalue weighted by Crippen LogP contribution is -2.41. The van der Waals surface area contributed by atoms with E-state index < -0.39 is 60.7 Å². The summed E-state index contributed by atoms with van der Waals surface area (Å²) >= 11 is 0. The fourth-order valence-corrected chi connectivity index (χ4v) is 3.74. The molecule has 0 aliphatic carbocycles. The van der Waals surface area contributed by atoms with Crippen molar-refractivity contribution in [3.8, 4) is 0 Å². The zero-order chi connectivity index (χ0) is 26.0. The molecule has 0 saturated carbocycles. The Hall–Kier alpha value is -4.40. The molecule has 5 N–H and O–H groups in total. The van der Waals surface area contributed by atoms with Crippen LogP contribution in [0.25, 0.3) is 11.2 Å². The number of amides is 1. The third kappa shape index (κ3) is 4.86. The molecule has 3 aromatic rings. The zero-order valence-electron chi connectivity index (χ0n) is 18.5. The first-order valence-electron chi connectivity index (χ1n) is 10.5. The van der Waals surface area contributed by atoms with E-state index in [0.717, 1.165) is 6.33 Å². The summed E-state index contributed by atoms with van der Waals surface area (Å²) in [5.41, 5.74) is 0.688. The normalized spacial score (nSPS) is 22.2. The Morgan fingerprint density at radius 1 is 1.14 bits per heavy atom. The van der Waals surface area contributed by atoms with Crippen molar-refractivity contribution in [2.75, 3.05) is 5.32 Å². The molecule has 0 bridgehead atoms. The van der Waals surface area contributed by atoms with Crippen LogP contribution in [-0.4, -0.2) is 82.2 Å². The summed E-state index contributed by atoms with van der Waals surface area (Å²) < 4.78 is 12.3. The number of hydrogen-bond donors (Lipinski definition) is 5. The summed E-state index contributed by atoms with van der Waals surface area (Å²) in [6.45, 7) is 3.37. The quantitative estimate of drug-likeness (QED) is 0.258. The van der Waals surface area contributed by atoms with Crippen LogP contribution in [0.4, 0.5) is 5.82 Å². The van der Waals surface area contributed by atoms with Crippen molar-refractivity contribution in [3.63, 3.8) is 0 Å². The molecular formula is C22H21N5O9. The van der Waals surface area contributed by atoms with E-state index in [9.17, 15) is 29.7 Å². The number of aromatic nitrogens is 4. The summed E-state index contributed by atoms with van der Waals surface area (Å²) in [6.07, 6.45) is -6.07. The maximum absolute atomic E-state index is 12.6. The van der Waals surface area contributed by atoms with Gasteiger partial charge in [0, 0.05) is 5.56 Å². The van der Waals surface area contributed by atoms with E-state index in [2.05, 4.69) is 26.8 Å². The Bertz CT molecular complexity index is 1310. The van der Waals surface area contributed by atoms with Crippen molar-refractivity contribution in [2.24, 2.45) is 0 Å². The number of carboxylic acid groups (broad SMARTS) is 2. The third-order valence-corrected chi connectivity index (χ3v) is 5.40. The van der Waals surface area contributed by atoms with Crippen LogP contribution in [0.15, 0.2) is 55.3 Å². The molecule has 4 rings (SSSR count). The van der Waals surface area contributed by atoms with Gasteiger partial charge in [-0.1, -0.05) is 24.8 Å². The smallest absolute Gasteiger partial charge is 0.333 e. The molecule has 1 aliphatic rings. The number of rotatable bonds is 9. The van der Waals surface area contributed by atoms with Crippen LogP contribution in [0.3, 0.4) is 0 Å². The standard InChI is InChI=1S/C22H21N5O9/c1-10(28)16-17(35-12(22(33)34)7-13(29)30)15(31)21(36-16)27-9-25-14-18(23-8-24-19(14)27)26-20(32)11-5-3-2-4-6-11/h2-6,8-9,12,15-17,21,28,31H,1,7H2,(H,29,30)(H,33,34)(H,23,24,26,32)/t12?,15-,16-,17+,21-/m1/s1. The number of nitrogens with one attached hydrogen (secondary N) is 1. The van der Waals surface area contributed by atoms with Crippen molar-refractivity contribution in [1.82, 2.24) is 19.5 Å². The summed E-state index contributed by atoms with van der Waals surface area (Å²) in [7, 11) is 0. The van der Waals surface area contributed by atoms with Crippen LogP contribution >= 0.6 is 0 Å². The van der Waals surface area contributed by atoms with Crippen molar-refractivity contribution in [2.45, 2.75) is 37.1 Å². The SMILES string of the molecule is C=C(O)[C@H]1O[C@@H](n2cnc3c(NC(=O)c4ccccc4)ncnc32)[C@H](O)[C@@H]1OC(CC(=O)O)C(=O)O. The minimum Gasteiger partial charge on any atom is -0.510 e. The Morgan fingerprint density at radius 2 is 1.86 bits per heavy atom. The van der Waals surface area contributed by atoms with E-state index >= 15 is 0 Å². The van der Waals surface area contributed by atoms with Gasteiger partial charge in [-0.05, 0) is 12.1 Å². The number of benzene rings is 1. The molecule has 2 aromatic heterocycles. The van der Waals surface area contributed by atoms with Crippen LogP contribution in [0.1, 0.15) is 23.0 Å². The number of carbonyl (C=O) groups excluding carboxylic acids is 1. The number of nitrogens with zero attached hydrogens (tertiary/aromatic N) is 4. The van der Waals surface area contributed by atoms with Crippen LogP contribution in [0.5, 0.6) is 0 Å². The highest BCUT2D eigenvalue weighted by Crippen LogP contribution is 2.36. The highest BCUT2D eigenvalue weighted by Gasteiger charge is 2.49. The predicted molar refractivity (Wildman–Crippen MR) is 120 cm³/mol. The fourth-order valence-electron chi connectivity index (χ4n) is 3.74. The number of ether oxygens (including phenoxy) is 2. The highest BCUT2D eigenvalue weighted by atomic mass is 16.6. The molecule has 1 saturated heterocycles. The molecular weight excluding hydrogens is 478 g/mol. The van der Waals surface area contributed by atoms with Gasteiger partial charge in [-0.2, -0.15) is 0 Å². The second-order valence-electron chi connectivity index (χ2n) is 7.82. The lowest BCUT2D eigenvalue weighted by atomic mass is 10.1. The number of anilines is 1. The minimum absolute atomic E-state index is 0.0865. The molecule has 188 valence electrons. The van der Waals surface area contributed by atoms with Crippen LogP contribution < -0.4 is 5.32 Å². The maximum Gasteiger partial charge on any atom is 0.333 e. The maximum atomic E-state index is 12.6. The van der Waals surface area contributed by atoms with Crippen molar-refractivity contribution >= 4 is 34.8 Å². The molecule has 0 spiro atoms. The second kappa shape index (κ2) is 10.1. The number of carboxylic acids is 2. The van der Waals surface area contributed by atoms with Gasteiger partial charge in [0.1, 0.15) is 30.4 Å². The van der Waals surface area contributed by atoms with E-state index in [-0.39, 0.29) is 17.0 Å². The van der Waals surface area contributed by atoms with Crippen molar-refractivity contribution in [1.29, 1.82) is 0 Å². The van der Waals surface area contributed by atoms with E-state index in [1.165, 1.54) is 10.9 Å². The van der Waals surface area contributed by atoms with Gasteiger partial charge in [-0.3, -0.25) is 14.2 Å². The third-order valence-electron chi connectivity index (χ3n) is 5.40. The van der Waals surface area contributed by atoms with Crippen LogP contribution in [0, 0.1) is 0 Å². The number of aliphatic hydroxyl groups excluding tert-OH is 2. The monoisotopic (exact) mass is 499 g/mol. The van der Waals surface area contributed by atoms with Crippen LogP contribution in [0.2, 0.25) is 0 Å². The van der Waals surface area contributed by atoms with E-state index in [4.69, 9.17) is 14.6 Å². The van der Waals surface area contributed by atoms with E-state index in [1.54, 1.807) is 30.3 Å². The molecule has 36 heavy (non-hydrogen) atoms. The predicted octanol–water partition coefficient (Wildman–Crippen LogP) is 0.722. The molecule has 0 radical (unpaired) electrons. The summed E-state index contributed by atoms with van der Waals surface area (Å²) in [5.74, 6) is -3.94. The van der Waals surface area contributed by atoms with E-state index in [0.29, 0.717) is 5.56 Å². The van der Waals surface area contributed by atoms with Gasteiger partial charge in [0.05, 0.1) is 12.7 Å². The number of fused-ring (bicyclic) bond motifs is 1. The average Bonchev–Trinajstić information content (AvgIpc) is 3.40. The van der Waals surface area contributed by atoms with Crippen LogP contribution in [-0.2, 0) is 19.1 Å². The Morgan fingerprint density at radius 3 is 2.50 bits per heavy atom. The van der Waals surface area contributed by atoms with Gasteiger partial charge < -0.3 is 35.2 Å². The lowest BCUT2D eigenvalue weighted by molar-refractivity contribution is -0.165. The van der Waals surface area contributed by atoms with Gasteiger partial charge in [0.15, 0.2) is 29.3 Å². The molecule has 1 unspecified atom stereocenters. The number of aliphatic hydroxyl groups is 2. The van der Waals surface area contributed by atoms with Gasteiger partial charge in [0.2, 0.25) is 0 Å². The molecule has 5 atom stereocenters. The minimum atomic E-state index is -1.83. The summed E-state index contributed by atoms with van der Waals surface area (Å²) in [6, 6.07) is 8.40. The molecule has 14 heteroatoms. The number of imidazole rings is 1. The van der Waals surface area contributed by atoms with Crippen molar-refractivity contribution < 1.29 is 44.3 Å². The lowest BCUT2D eigenvalue weighted by Gasteiger charge is -2.23. The second-order valence-corrected chi connectivity index (χ2v) is 7.82. The molecule has 1 amide bonds. The molecule has 1 fully saturated rings. The number of aliphatic carboxylic acids is 2. The van der Waals surface area contributed by atoms with Gasteiger partial charge in [-0.15, -0.1) is 0 Å². The van der Waals surface area contributed by atoms with Crippen molar-refractivity contribution in [3.05, 3.63) is 60.9 Å². The number of hydrogen-bond acceptors (Lipinski definition) is 10. The average molecular weight is 499 g/mol. The first-order valence-corrected chi connectivity index (χ1v) is 10.5. The summed E-state index contributed by atoms with van der Waals surface area (Å²) in [4.78, 5) is 47.4. The topological polar surface area (TPSA) is 206 Å². The molecule has 1 aromatic carbocycles. The number of carbonyl (C=O) groups is 3. The highest BCUT2D eigenvalue weighted by molar-refractivity contribution is 6.06. The molecule has 1 aliphatic heterocycles. The Labute approximate surface area is 202 Å². The fraction of sp³-hybridized carbons (Fsp3) is 0.273. The van der Waals surface area contributed by atoms with Gasteiger partial charge in [0.25, 0.3) is 5.91 Å². The first-order chi connectivity index (χ1) is 17.2. The first kappa shape index (κ1) is 24.7.